The van der Waals surface area contributed by atoms with Gasteiger partial charge in [-0.2, -0.15) is 0 Å². The molecule has 1 aliphatic carbocycles. The van der Waals surface area contributed by atoms with Crippen molar-refractivity contribution in [2.45, 2.75) is 51.2 Å². The fraction of sp³-hybridized carbons (Fsp3) is 0.333. The van der Waals surface area contributed by atoms with Crippen LogP contribution in [-0.2, 0) is 4.74 Å². The second kappa shape index (κ2) is 8.61. The number of ether oxygens (including phenoxy) is 1. The summed E-state index contributed by atoms with van der Waals surface area (Å²) >= 11 is 0. The molecule has 0 spiro atoms. The maximum absolute atomic E-state index is 13.4. The number of nitrogens with zero attached hydrogens (tertiary/aromatic N) is 1. The smallest absolute Gasteiger partial charge is 0.338 e. The van der Waals surface area contributed by atoms with Crippen LogP contribution in [0.4, 0.5) is 8.78 Å². The van der Waals surface area contributed by atoms with Gasteiger partial charge in [0, 0.05) is 11.6 Å². The molecule has 2 amide bonds. The summed E-state index contributed by atoms with van der Waals surface area (Å²) in [5.41, 5.74) is 0.250. The van der Waals surface area contributed by atoms with Gasteiger partial charge < -0.3 is 4.74 Å². The molecule has 1 fully saturated rings. The first-order valence-electron chi connectivity index (χ1n) is 10.5. The molecule has 1 atom stereocenters. The number of amides is 2. The first-order chi connectivity index (χ1) is 15.3. The Bertz CT molecular complexity index is 1120. The maximum Gasteiger partial charge on any atom is 0.338 e. The monoisotopic (exact) mass is 441 g/mol. The Morgan fingerprint density at radius 1 is 0.906 bits per heavy atom. The molecule has 4 rings (SSSR count). The van der Waals surface area contributed by atoms with Crippen molar-refractivity contribution in [2.75, 3.05) is 0 Å². The van der Waals surface area contributed by atoms with Gasteiger partial charge in [-0.15, -0.1) is 0 Å². The molecular formula is C24H21F2NO5. The second-order valence-corrected chi connectivity index (χ2v) is 8.07. The standard InChI is InChI=1S/C24H21F2NO5/c1-13(21(28)14-8-10-19(25)20(26)12-14)32-24(31)15-7-9-17-18(11-15)23(30)27(22(17)29)16-5-3-2-4-6-16/h7-13,16H,2-6H2,1H3/t13-/m1/s1. The van der Waals surface area contributed by atoms with E-state index in [9.17, 15) is 28.0 Å². The summed E-state index contributed by atoms with van der Waals surface area (Å²) in [6.07, 6.45) is 3.26. The SMILES string of the molecule is C[C@@H](OC(=O)c1ccc2c(c1)C(=O)N(C1CCCCC1)C2=O)C(=O)c1ccc(F)c(F)c1. The van der Waals surface area contributed by atoms with Gasteiger partial charge in [-0.05, 0) is 56.2 Å². The number of carbonyl (C=O) groups excluding carboxylic acids is 4. The number of imide groups is 1. The van der Waals surface area contributed by atoms with Gasteiger partial charge in [0.2, 0.25) is 5.78 Å². The van der Waals surface area contributed by atoms with Crippen LogP contribution in [0, 0.1) is 11.6 Å². The summed E-state index contributed by atoms with van der Waals surface area (Å²) in [7, 11) is 0. The van der Waals surface area contributed by atoms with Crippen molar-refractivity contribution in [3.63, 3.8) is 0 Å². The number of halogens is 2. The lowest BCUT2D eigenvalue weighted by molar-refractivity contribution is 0.0318. The van der Waals surface area contributed by atoms with Crippen LogP contribution < -0.4 is 0 Å². The van der Waals surface area contributed by atoms with Crippen molar-refractivity contribution in [1.29, 1.82) is 0 Å². The highest BCUT2D eigenvalue weighted by Crippen LogP contribution is 2.31. The van der Waals surface area contributed by atoms with Crippen molar-refractivity contribution >= 4 is 23.6 Å². The lowest BCUT2D eigenvalue weighted by atomic mass is 9.94. The van der Waals surface area contributed by atoms with Gasteiger partial charge >= 0.3 is 5.97 Å². The molecule has 0 saturated heterocycles. The van der Waals surface area contributed by atoms with Crippen LogP contribution in [0.15, 0.2) is 36.4 Å². The molecule has 1 aliphatic heterocycles. The van der Waals surface area contributed by atoms with Gasteiger partial charge in [-0.3, -0.25) is 19.3 Å². The van der Waals surface area contributed by atoms with E-state index in [1.807, 2.05) is 0 Å². The Morgan fingerprint density at radius 2 is 1.56 bits per heavy atom. The zero-order valence-electron chi connectivity index (χ0n) is 17.4. The summed E-state index contributed by atoms with van der Waals surface area (Å²) in [6, 6.07) is 6.60. The van der Waals surface area contributed by atoms with E-state index in [0.29, 0.717) is 0 Å². The van der Waals surface area contributed by atoms with Crippen LogP contribution in [0.5, 0.6) is 0 Å². The molecule has 0 N–H and O–H groups in total. The number of benzene rings is 2. The largest absolute Gasteiger partial charge is 0.451 e. The highest BCUT2D eigenvalue weighted by atomic mass is 19.2. The number of hydrogen-bond acceptors (Lipinski definition) is 5. The fourth-order valence-electron chi connectivity index (χ4n) is 4.22. The van der Waals surface area contributed by atoms with Gasteiger partial charge in [0.05, 0.1) is 16.7 Å². The molecule has 2 aliphatic rings. The van der Waals surface area contributed by atoms with E-state index in [4.69, 9.17) is 4.74 Å². The fourth-order valence-corrected chi connectivity index (χ4v) is 4.22. The molecule has 0 bridgehead atoms. The lowest BCUT2D eigenvalue weighted by Crippen LogP contribution is -2.40. The Balaban J connectivity index is 1.49. The van der Waals surface area contributed by atoms with E-state index in [2.05, 4.69) is 0 Å². The highest BCUT2D eigenvalue weighted by molar-refractivity contribution is 6.22. The van der Waals surface area contributed by atoms with Crippen molar-refractivity contribution in [2.24, 2.45) is 0 Å². The number of ketones is 1. The average Bonchev–Trinajstić information content (AvgIpc) is 3.05. The zero-order valence-corrected chi connectivity index (χ0v) is 17.4. The minimum atomic E-state index is -1.27. The molecular weight excluding hydrogens is 420 g/mol. The van der Waals surface area contributed by atoms with E-state index in [1.54, 1.807) is 0 Å². The van der Waals surface area contributed by atoms with Crippen LogP contribution in [0.1, 0.15) is 80.5 Å². The van der Waals surface area contributed by atoms with E-state index < -0.39 is 35.4 Å². The third-order valence-corrected chi connectivity index (χ3v) is 5.95. The Kier molecular flexibility index (Phi) is 5.86. The van der Waals surface area contributed by atoms with Crippen molar-refractivity contribution < 1.29 is 32.7 Å². The summed E-state index contributed by atoms with van der Waals surface area (Å²) in [6.45, 7) is 1.31. The number of fused-ring (bicyclic) bond motifs is 1. The second-order valence-electron chi connectivity index (χ2n) is 8.07. The Labute approximate surface area is 183 Å². The number of hydrogen-bond donors (Lipinski definition) is 0. The number of Topliss-reactive ketones (excluding diaryl/α,β-unsaturated/α-hetero) is 1. The summed E-state index contributed by atoms with van der Waals surface area (Å²) in [4.78, 5) is 51.9. The van der Waals surface area contributed by atoms with Gasteiger partial charge in [0.25, 0.3) is 11.8 Å². The molecule has 0 unspecified atom stereocenters. The van der Waals surface area contributed by atoms with Gasteiger partial charge in [0.15, 0.2) is 17.7 Å². The molecule has 0 radical (unpaired) electrons. The van der Waals surface area contributed by atoms with Gasteiger partial charge in [0.1, 0.15) is 0 Å². The molecule has 1 saturated carbocycles. The molecule has 166 valence electrons. The molecule has 32 heavy (non-hydrogen) atoms. The van der Waals surface area contributed by atoms with Crippen molar-refractivity contribution in [1.82, 2.24) is 4.90 Å². The number of rotatable bonds is 5. The van der Waals surface area contributed by atoms with Crippen LogP contribution in [0.25, 0.3) is 0 Å². The van der Waals surface area contributed by atoms with Gasteiger partial charge in [-0.25, -0.2) is 13.6 Å². The van der Waals surface area contributed by atoms with E-state index in [1.165, 1.54) is 30.0 Å². The van der Waals surface area contributed by atoms with Gasteiger partial charge in [-0.1, -0.05) is 19.3 Å². The van der Waals surface area contributed by atoms with E-state index >= 15 is 0 Å². The predicted octanol–water partition coefficient (Wildman–Crippen LogP) is 4.32. The highest BCUT2D eigenvalue weighted by Gasteiger charge is 2.40. The minimum Gasteiger partial charge on any atom is -0.451 e. The molecule has 6 nitrogen and oxygen atoms in total. The zero-order chi connectivity index (χ0) is 23.0. The predicted molar refractivity (Wildman–Crippen MR) is 109 cm³/mol. The number of esters is 1. The molecule has 8 heteroatoms. The molecule has 1 heterocycles. The summed E-state index contributed by atoms with van der Waals surface area (Å²) in [5, 5.41) is 0. The maximum atomic E-state index is 13.4. The normalized spacial score (nSPS) is 17.3. The van der Waals surface area contributed by atoms with Crippen LogP contribution in [0.2, 0.25) is 0 Å². The summed E-state index contributed by atoms with van der Waals surface area (Å²) in [5.74, 6) is -4.64. The third kappa shape index (κ3) is 3.92. The molecule has 2 aromatic carbocycles. The average molecular weight is 441 g/mol. The minimum absolute atomic E-state index is 0.0142. The molecule has 2 aromatic rings. The third-order valence-electron chi connectivity index (χ3n) is 5.95. The number of carbonyl (C=O) groups is 4. The Morgan fingerprint density at radius 3 is 2.25 bits per heavy atom. The quantitative estimate of drug-likeness (QED) is 0.392. The van der Waals surface area contributed by atoms with E-state index in [-0.39, 0.29) is 34.2 Å². The molecule has 0 aromatic heterocycles. The van der Waals surface area contributed by atoms with Crippen LogP contribution in [-0.4, -0.2) is 40.6 Å². The van der Waals surface area contributed by atoms with Crippen LogP contribution in [0.3, 0.4) is 0 Å². The van der Waals surface area contributed by atoms with E-state index in [0.717, 1.165) is 50.3 Å². The lowest BCUT2D eigenvalue weighted by Gasteiger charge is -2.29. The topological polar surface area (TPSA) is 80.8 Å². The Hall–Kier alpha value is -3.42. The first kappa shape index (κ1) is 21.8. The van der Waals surface area contributed by atoms with Crippen LogP contribution >= 0.6 is 0 Å². The summed E-state index contributed by atoms with van der Waals surface area (Å²) < 4.78 is 31.6. The first-order valence-corrected chi connectivity index (χ1v) is 10.5. The van der Waals surface area contributed by atoms with Crippen molar-refractivity contribution in [3.05, 3.63) is 70.3 Å². The van der Waals surface area contributed by atoms with Crippen molar-refractivity contribution in [3.8, 4) is 0 Å².